The second-order valence-electron chi connectivity index (χ2n) is 8.90. The van der Waals surface area contributed by atoms with E-state index in [1.165, 1.54) is 16.0 Å². The van der Waals surface area contributed by atoms with Crippen LogP contribution >= 0.6 is 11.3 Å². The molecule has 1 N–H and O–H groups in total. The predicted octanol–water partition coefficient (Wildman–Crippen LogP) is 2.71. The number of aromatic nitrogens is 2. The maximum Gasteiger partial charge on any atom is 0.285 e. The Bertz CT molecular complexity index is 1180. The third kappa shape index (κ3) is 3.88. The number of benzene rings is 1. The van der Waals surface area contributed by atoms with Crippen LogP contribution in [0.2, 0.25) is 0 Å². The first-order valence-electron chi connectivity index (χ1n) is 11.0. The number of amides is 1. The van der Waals surface area contributed by atoms with Gasteiger partial charge in [-0.05, 0) is 31.4 Å². The molecule has 3 aromatic rings. The fourth-order valence-corrected chi connectivity index (χ4v) is 5.76. The van der Waals surface area contributed by atoms with Crippen LogP contribution in [0.1, 0.15) is 38.3 Å². The Hall–Kier alpha value is -2.29. The van der Waals surface area contributed by atoms with Crippen molar-refractivity contribution in [1.29, 1.82) is 0 Å². The van der Waals surface area contributed by atoms with E-state index in [0.29, 0.717) is 10.7 Å². The Kier molecular flexibility index (Phi) is 5.54. The van der Waals surface area contributed by atoms with Crippen molar-refractivity contribution >= 4 is 37.4 Å². The van der Waals surface area contributed by atoms with Crippen molar-refractivity contribution in [3.8, 4) is 0 Å². The van der Waals surface area contributed by atoms with E-state index in [1.54, 1.807) is 0 Å². The van der Waals surface area contributed by atoms with Gasteiger partial charge in [0, 0.05) is 28.1 Å². The predicted molar refractivity (Wildman–Crippen MR) is 123 cm³/mol. The van der Waals surface area contributed by atoms with Gasteiger partial charge in [0.1, 0.15) is 11.2 Å². The summed E-state index contributed by atoms with van der Waals surface area (Å²) in [6, 6.07) is 8.63. The first-order valence-corrected chi connectivity index (χ1v) is 11.9. The zero-order valence-corrected chi connectivity index (χ0v) is 18.8. The normalized spacial score (nSPS) is 20.4. The number of hydrogen-bond donors (Lipinski definition) is 1. The minimum Gasteiger partial charge on any atom is -0.378 e. The Morgan fingerprint density at radius 3 is 2.87 bits per heavy atom. The summed E-state index contributed by atoms with van der Waals surface area (Å²) >= 11 is 1.49. The van der Waals surface area contributed by atoms with Gasteiger partial charge in [0.2, 0.25) is 5.91 Å². The first kappa shape index (κ1) is 20.6. The van der Waals surface area contributed by atoms with Crippen molar-refractivity contribution < 1.29 is 9.53 Å². The van der Waals surface area contributed by atoms with Gasteiger partial charge in [-0.3, -0.25) is 14.5 Å². The number of carbonyl (C=O) groups is 1. The largest absolute Gasteiger partial charge is 0.378 e. The quantitative estimate of drug-likeness (QED) is 0.660. The summed E-state index contributed by atoms with van der Waals surface area (Å²) in [4.78, 5) is 28.4. The van der Waals surface area contributed by atoms with E-state index < -0.39 is 0 Å². The molecule has 7 nitrogen and oxygen atoms in total. The van der Waals surface area contributed by atoms with Gasteiger partial charge >= 0.3 is 0 Å². The molecule has 164 valence electrons. The number of fused-ring (bicyclic) bond motifs is 3. The van der Waals surface area contributed by atoms with Crippen LogP contribution in [0.3, 0.4) is 0 Å². The van der Waals surface area contributed by atoms with Gasteiger partial charge in [-0.2, -0.15) is 5.10 Å². The number of nitrogens with zero attached hydrogens (tertiary/aromatic N) is 3. The second kappa shape index (κ2) is 8.33. The van der Waals surface area contributed by atoms with Crippen LogP contribution in [0, 0.1) is 0 Å². The number of ether oxygens (including phenoxy) is 1. The molecular weight excluding hydrogens is 412 g/mol. The minimum absolute atomic E-state index is 0.0498. The maximum atomic E-state index is 13.2. The summed E-state index contributed by atoms with van der Waals surface area (Å²) in [5.74, 6) is -0.00603. The summed E-state index contributed by atoms with van der Waals surface area (Å²) in [5.41, 5.74) is 0.682. The number of carbonyl (C=O) groups excluding carboxylic acids is 1. The van der Waals surface area contributed by atoms with Crippen LogP contribution in [0.15, 0.2) is 29.1 Å². The molecule has 1 amide bonds. The van der Waals surface area contributed by atoms with Crippen LogP contribution in [0.5, 0.6) is 0 Å². The van der Waals surface area contributed by atoms with Gasteiger partial charge in [-0.15, -0.1) is 11.3 Å². The number of likely N-dealkylation sites (tertiary alicyclic amines) is 1. The zero-order valence-electron chi connectivity index (χ0n) is 18.0. The van der Waals surface area contributed by atoms with Crippen LogP contribution in [0.25, 0.3) is 20.2 Å². The van der Waals surface area contributed by atoms with E-state index in [9.17, 15) is 9.59 Å². The van der Waals surface area contributed by atoms with Gasteiger partial charge in [-0.25, -0.2) is 4.68 Å². The molecule has 2 saturated heterocycles. The molecule has 4 heterocycles. The summed E-state index contributed by atoms with van der Waals surface area (Å²) < 4.78 is 8.41. The van der Waals surface area contributed by atoms with Gasteiger partial charge in [0.05, 0.1) is 24.9 Å². The van der Waals surface area contributed by atoms with Gasteiger partial charge in [-0.1, -0.05) is 32.0 Å². The minimum atomic E-state index is -0.187. The molecule has 1 atom stereocenters. The molecule has 5 rings (SSSR count). The maximum absolute atomic E-state index is 13.2. The fraction of sp³-hybridized carbons (Fsp3) is 0.522. The van der Waals surface area contributed by atoms with Crippen molar-refractivity contribution in [1.82, 2.24) is 20.0 Å². The molecule has 31 heavy (non-hydrogen) atoms. The molecule has 0 radical (unpaired) electrons. The topological polar surface area (TPSA) is 76.5 Å². The molecular formula is C23H28N4O3S. The lowest BCUT2D eigenvalue weighted by atomic mass is 10.0. The highest BCUT2D eigenvalue weighted by Crippen LogP contribution is 2.35. The van der Waals surface area contributed by atoms with Crippen LogP contribution in [-0.2, 0) is 16.1 Å². The van der Waals surface area contributed by atoms with Crippen molar-refractivity contribution in [3.05, 3.63) is 40.3 Å². The Balaban J connectivity index is 1.39. The number of rotatable bonds is 5. The first-order chi connectivity index (χ1) is 15.0. The van der Waals surface area contributed by atoms with Crippen molar-refractivity contribution in [2.75, 3.05) is 26.3 Å². The van der Waals surface area contributed by atoms with Crippen LogP contribution in [0.4, 0.5) is 0 Å². The molecule has 2 fully saturated rings. The van der Waals surface area contributed by atoms with Crippen molar-refractivity contribution in [3.63, 3.8) is 0 Å². The highest BCUT2D eigenvalue weighted by molar-refractivity contribution is 7.25. The fourth-order valence-electron chi connectivity index (χ4n) is 4.60. The summed E-state index contributed by atoms with van der Waals surface area (Å²) in [5, 5.41) is 9.77. The zero-order chi connectivity index (χ0) is 21.5. The van der Waals surface area contributed by atoms with Gasteiger partial charge in [0.15, 0.2) is 0 Å². The monoisotopic (exact) mass is 440 g/mol. The van der Waals surface area contributed by atoms with E-state index in [0.717, 1.165) is 60.3 Å². The van der Waals surface area contributed by atoms with E-state index in [2.05, 4.69) is 29.2 Å². The van der Waals surface area contributed by atoms with Crippen LogP contribution < -0.4 is 10.9 Å². The molecule has 0 spiro atoms. The number of thiophene rings is 1. The third-order valence-electron chi connectivity index (χ3n) is 6.30. The Morgan fingerprint density at radius 1 is 1.32 bits per heavy atom. The smallest absolute Gasteiger partial charge is 0.285 e. The summed E-state index contributed by atoms with van der Waals surface area (Å²) in [6.45, 7) is 7.57. The van der Waals surface area contributed by atoms with Gasteiger partial charge < -0.3 is 10.1 Å². The average Bonchev–Trinajstić information content (AvgIpc) is 3.09. The van der Waals surface area contributed by atoms with Crippen molar-refractivity contribution in [2.45, 2.75) is 51.2 Å². The van der Waals surface area contributed by atoms with E-state index in [1.807, 2.05) is 24.3 Å². The molecule has 8 heteroatoms. The van der Waals surface area contributed by atoms with Gasteiger partial charge in [0.25, 0.3) is 5.56 Å². The molecule has 0 saturated carbocycles. The summed E-state index contributed by atoms with van der Waals surface area (Å²) in [6.07, 6.45) is 2.02. The Labute approximate surface area is 185 Å². The number of nitrogens with one attached hydrogen (secondary N) is 1. The van der Waals surface area contributed by atoms with Crippen LogP contribution in [-0.4, -0.2) is 59.0 Å². The molecule has 2 aromatic heterocycles. The van der Waals surface area contributed by atoms with E-state index in [4.69, 9.17) is 4.74 Å². The molecule has 2 aliphatic heterocycles. The molecule has 0 aliphatic carbocycles. The molecule has 2 aliphatic rings. The molecule has 1 aromatic carbocycles. The average molecular weight is 441 g/mol. The van der Waals surface area contributed by atoms with Crippen molar-refractivity contribution in [2.24, 2.45) is 0 Å². The lowest BCUT2D eigenvalue weighted by Crippen LogP contribution is -2.57. The van der Waals surface area contributed by atoms with E-state index >= 15 is 0 Å². The lowest BCUT2D eigenvalue weighted by Gasteiger charge is -2.42. The second-order valence-corrected chi connectivity index (χ2v) is 9.95. The number of piperidine rings is 1. The lowest BCUT2D eigenvalue weighted by molar-refractivity contribution is -0.123. The number of hydrogen-bond acceptors (Lipinski definition) is 6. The van der Waals surface area contributed by atoms with E-state index in [-0.39, 0.29) is 30.0 Å². The Morgan fingerprint density at radius 2 is 2.13 bits per heavy atom. The molecule has 0 unspecified atom stereocenters. The third-order valence-corrected chi connectivity index (χ3v) is 7.46. The highest BCUT2D eigenvalue weighted by atomic mass is 32.1. The summed E-state index contributed by atoms with van der Waals surface area (Å²) in [7, 11) is 0. The molecule has 0 bridgehead atoms. The SMILES string of the molecule is CC(C)c1nn(CC(=O)N[C@@H]2CCCN(C3COC3)C2)c(=O)c2sc3ccccc3c12. The standard InChI is InChI=1S/C23H28N4O3S/c1-14(2)21-20-17-7-3-4-8-18(17)31-22(20)23(29)27(25-21)11-19(28)24-15-6-5-9-26(10-15)16-12-30-13-16/h3-4,7-8,14-16H,5-6,9-13H2,1-2H3,(H,24,28)/t15-/m1/s1. The highest BCUT2D eigenvalue weighted by Gasteiger charge is 2.31.